The predicted octanol–water partition coefficient (Wildman–Crippen LogP) is -1.51. The van der Waals surface area contributed by atoms with Crippen LogP contribution in [0.1, 0.15) is 25.7 Å². The van der Waals surface area contributed by atoms with Gasteiger partial charge in [0.05, 0.1) is 6.04 Å². The Morgan fingerprint density at radius 3 is 2.59 bits per heavy atom. The summed E-state index contributed by atoms with van der Waals surface area (Å²) in [5, 5.41) is 1.91. The summed E-state index contributed by atoms with van der Waals surface area (Å²) in [7, 11) is 0. The number of guanidine groups is 1. The number of hydrazine groups is 1. The number of hydrogen-bond donors (Lipinski definition) is 4. The third kappa shape index (κ3) is 5.50. The van der Waals surface area contributed by atoms with Crippen molar-refractivity contribution in [2.45, 2.75) is 31.7 Å². The molecule has 0 aromatic carbocycles. The second-order valence-corrected chi connectivity index (χ2v) is 4.23. The largest absolute Gasteiger partial charge is 0.370 e. The van der Waals surface area contributed by atoms with Crippen LogP contribution in [-0.2, 0) is 4.79 Å². The lowest BCUT2D eigenvalue weighted by Gasteiger charge is -2.19. The molecule has 17 heavy (non-hydrogen) atoms. The van der Waals surface area contributed by atoms with Crippen molar-refractivity contribution < 1.29 is 4.79 Å². The lowest BCUT2D eigenvalue weighted by molar-refractivity contribution is -0.126. The standard InChI is InChI=1S/C10H22N6O/c11-8(4-3-5-14-10(12)13)9(17)15-16-6-1-2-7-16/h8H,1-7,11H2,(H,15,17)(H4,12,13,14)/t8-/m0/s1. The Labute approximate surface area is 101 Å². The second-order valence-electron chi connectivity index (χ2n) is 4.23. The lowest BCUT2D eigenvalue weighted by atomic mass is 10.1. The Morgan fingerprint density at radius 1 is 1.35 bits per heavy atom. The summed E-state index contributed by atoms with van der Waals surface area (Å²) in [6, 6.07) is -0.496. The molecule has 0 radical (unpaired) electrons. The number of nitrogens with zero attached hydrogens (tertiary/aromatic N) is 2. The highest BCUT2D eigenvalue weighted by Gasteiger charge is 2.18. The fraction of sp³-hybridized carbons (Fsp3) is 0.800. The fourth-order valence-electron chi connectivity index (χ4n) is 1.72. The molecule has 0 aromatic rings. The average Bonchev–Trinajstić information content (AvgIpc) is 2.76. The Bertz CT molecular complexity index is 270. The highest BCUT2D eigenvalue weighted by Crippen LogP contribution is 2.04. The molecule has 0 spiro atoms. The minimum Gasteiger partial charge on any atom is -0.370 e. The molecule has 1 rings (SSSR count). The number of nitrogens with two attached hydrogens (primary N) is 3. The molecule has 0 bridgehead atoms. The Hall–Kier alpha value is -1.34. The Balaban J connectivity index is 2.15. The molecule has 1 heterocycles. The average molecular weight is 242 g/mol. The maximum atomic E-state index is 11.7. The first-order valence-corrected chi connectivity index (χ1v) is 5.96. The van der Waals surface area contributed by atoms with E-state index in [0.717, 1.165) is 25.9 Å². The van der Waals surface area contributed by atoms with E-state index in [1.54, 1.807) is 0 Å². The molecule has 98 valence electrons. The third-order valence-electron chi connectivity index (χ3n) is 2.68. The molecule has 1 saturated heterocycles. The molecule has 1 fully saturated rings. The smallest absolute Gasteiger partial charge is 0.251 e. The van der Waals surface area contributed by atoms with Crippen molar-refractivity contribution in [3.63, 3.8) is 0 Å². The molecule has 1 amide bonds. The zero-order valence-electron chi connectivity index (χ0n) is 10.1. The fourth-order valence-corrected chi connectivity index (χ4v) is 1.72. The van der Waals surface area contributed by atoms with Gasteiger partial charge in [0.15, 0.2) is 5.96 Å². The van der Waals surface area contributed by atoms with Crippen molar-refractivity contribution in [2.75, 3.05) is 19.6 Å². The van der Waals surface area contributed by atoms with E-state index in [1.807, 2.05) is 5.01 Å². The number of carbonyl (C=O) groups excluding carboxylic acids is 1. The van der Waals surface area contributed by atoms with E-state index in [9.17, 15) is 4.79 Å². The Morgan fingerprint density at radius 2 is 2.00 bits per heavy atom. The van der Waals surface area contributed by atoms with E-state index in [-0.39, 0.29) is 11.9 Å². The van der Waals surface area contributed by atoms with Crippen LogP contribution >= 0.6 is 0 Å². The van der Waals surface area contributed by atoms with Crippen molar-refractivity contribution >= 4 is 11.9 Å². The van der Waals surface area contributed by atoms with Gasteiger partial charge in [0.25, 0.3) is 5.91 Å². The molecule has 7 heteroatoms. The van der Waals surface area contributed by atoms with Crippen LogP contribution in [-0.4, -0.2) is 42.6 Å². The highest BCUT2D eigenvalue weighted by molar-refractivity contribution is 5.81. The van der Waals surface area contributed by atoms with Crippen molar-refractivity contribution in [1.82, 2.24) is 10.4 Å². The summed E-state index contributed by atoms with van der Waals surface area (Å²) in [6.45, 7) is 2.33. The van der Waals surface area contributed by atoms with Gasteiger partial charge < -0.3 is 17.2 Å². The van der Waals surface area contributed by atoms with Crippen molar-refractivity contribution in [3.8, 4) is 0 Å². The van der Waals surface area contributed by atoms with Crippen LogP contribution in [0, 0.1) is 0 Å². The van der Waals surface area contributed by atoms with Gasteiger partial charge in [0.2, 0.25) is 0 Å². The van der Waals surface area contributed by atoms with Crippen LogP contribution < -0.4 is 22.6 Å². The van der Waals surface area contributed by atoms with Crippen LogP contribution in [0.5, 0.6) is 0 Å². The van der Waals surface area contributed by atoms with Gasteiger partial charge in [0, 0.05) is 19.6 Å². The summed E-state index contributed by atoms with van der Waals surface area (Å²) >= 11 is 0. The molecule has 1 aliphatic heterocycles. The van der Waals surface area contributed by atoms with Crippen LogP contribution in [0.3, 0.4) is 0 Å². The maximum Gasteiger partial charge on any atom is 0.251 e. The first-order valence-electron chi connectivity index (χ1n) is 5.96. The van der Waals surface area contributed by atoms with Gasteiger partial charge >= 0.3 is 0 Å². The first kappa shape index (κ1) is 13.7. The molecule has 1 aliphatic rings. The van der Waals surface area contributed by atoms with E-state index in [0.29, 0.717) is 19.4 Å². The number of rotatable bonds is 6. The molecule has 1 atom stereocenters. The van der Waals surface area contributed by atoms with Gasteiger partial charge in [0.1, 0.15) is 0 Å². The monoisotopic (exact) mass is 242 g/mol. The summed E-state index contributed by atoms with van der Waals surface area (Å²) in [6.07, 6.45) is 3.53. The van der Waals surface area contributed by atoms with Crippen LogP contribution in [0.2, 0.25) is 0 Å². The molecular formula is C10H22N6O. The summed E-state index contributed by atoms with van der Waals surface area (Å²) < 4.78 is 0. The van der Waals surface area contributed by atoms with Crippen LogP contribution in [0.25, 0.3) is 0 Å². The first-order chi connectivity index (χ1) is 8.09. The molecule has 7 nitrogen and oxygen atoms in total. The molecule has 0 unspecified atom stereocenters. The van der Waals surface area contributed by atoms with Gasteiger partial charge in [-0.3, -0.25) is 15.2 Å². The zero-order chi connectivity index (χ0) is 12.7. The van der Waals surface area contributed by atoms with Gasteiger partial charge in [-0.25, -0.2) is 5.01 Å². The number of aliphatic imine (C=N–C) groups is 1. The maximum absolute atomic E-state index is 11.7. The third-order valence-corrected chi connectivity index (χ3v) is 2.68. The van der Waals surface area contributed by atoms with Crippen molar-refractivity contribution in [3.05, 3.63) is 0 Å². The topological polar surface area (TPSA) is 123 Å². The normalized spacial score (nSPS) is 17.7. The quantitative estimate of drug-likeness (QED) is 0.256. The second kappa shape index (κ2) is 7.08. The molecule has 7 N–H and O–H groups in total. The minimum atomic E-state index is -0.496. The van der Waals surface area contributed by atoms with Crippen LogP contribution in [0.4, 0.5) is 0 Å². The minimum absolute atomic E-state index is 0.0695. The number of nitrogens with one attached hydrogen (secondary N) is 1. The van der Waals surface area contributed by atoms with Gasteiger partial charge in [-0.15, -0.1) is 0 Å². The Kier molecular flexibility index (Phi) is 5.71. The summed E-state index contributed by atoms with van der Waals surface area (Å²) in [5.74, 6) is -0.0586. The number of carbonyl (C=O) groups is 1. The van der Waals surface area contributed by atoms with Gasteiger partial charge in [-0.2, -0.15) is 0 Å². The van der Waals surface area contributed by atoms with E-state index in [4.69, 9.17) is 17.2 Å². The summed E-state index contributed by atoms with van der Waals surface area (Å²) in [5.41, 5.74) is 19.0. The molecule has 0 saturated carbocycles. The highest BCUT2D eigenvalue weighted by atomic mass is 16.2. The van der Waals surface area contributed by atoms with Crippen molar-refractivity contribution in [1.29, 1.82) is 0 Å². The van der Waals surface area contributed by atoms with E-state index in [2.05, 4.69) is 10.4 Å². The summed E-state index contributed by atoms with van der Waals surface area (Å²) in [4.78, 5) is 15.5. The number of amides is 1. The van der Waals surface area contributed by atoms with E-state index in [1.165, 1.54) is 0 Å². The lowest BCUT2D eigenvalue weighted by Crippen LogP contribution is -2.48. The molecule has 0 aliphatic carbocycles. The van der Waals surface area contributed by atoms with Crippen molar-refractivity contribution in [2.24, 2.45) is 22.2 Å². The van der Waals surface area contributed by atoms with Gasteiger partial charge in [-0.05, 0) is 25.7 Å². The predicted molar refractivity (Wildman–Crippen MR) is 66.8 cm³/mol. The van der Waals surface area contributed by atoms with E-state index >= 15 is 0 Å². The molecular weight excluding hydrogens is 220 g/mol. The number of hydrogen-bond acceptors (Lipinski definition) is 4. The zero-order valence-corrected chi connectivity index (χ0v) is 10.1. The van der Waals surface area contributed by atoms with Gasteiger partial charge in [-0.1, -0.05) is 0 Å². The molecule has 0 aromatic heterocycles. The van der Waals surface area contributed by atoms with Crippen LogP contribution in [0.15, 0.2) is 4.99 Å². The SMILES string of the molecule is NC(N)=NCCC[C@H](N)C(=O)NN1CCCC1. The van der Waals surface area contributed by atoms with E-state index < -0.39 is 6.04 Å².